The molecule has 0 spiro atoms. The molecule has 1 N–H and O–H groups in total. The molecule has 0 bridgehead atoms. The maximum absolute atomic E-state index is 13.1. The minimum atomic E-state index is -3.76. The molecule has 148 valence electrons. The van der Waals surface area contributed by atoms with Crippen LogP contribution in [0.25, 0.3) is 12.2 Å². The zero-order valence-electron chi connectivity index (χ0n) is 16.0. The lowest BCUT2D eigenvalue weighted by Crippen LogP contribution is -2.20. The molecule has 0 radical (unpaired) electrons. The Hall–Kier alpha value is -3.38. The molecule has 0 aliphatic heterocycles. The van der Waals surface area contributed by atoms with Gasteiger partial charge in [0.15, 0.2) is 0 Å². The van der Waals surface area contributed by atoms with E-state index in [1.165, 1.54) is 6.08 Å². The Labute approximate surface area is 171 Å². The molecule has 2 aromatic carbocycles. The molecule has 1 atom stereocenters. The van der Waals surface area contributed by atoms with Gasteiger partial charge in [-0.25, -0.2) is 8.42 Å². The normalized spacial score (nSPS) is 12.4. The van der Waals surface area contributed by atoms with E-state index >= 15 is 0 Å². The number of hydrogen-bond donors (Lipinski definition) is 1. The molecular formula is C23H22N2O3S. The third-order valence-corrected chi connectivity index (χ3v) is 5.96. The molecule has 29 heavy (non-hydrogen) atoms. The second-order valence-electron chi connectivity index (χ2n) is 6.25. The Morgan fingerprint density at radius 2 is 1.72 bits per heavy atom. The van der Waals surface area contributed by atoms with Crippen molar-refractivity contribution < 1.29 is 13.2 Å². The van der Waals surface area contributed by atoms with Gasteiger partial charge in [-0.05, 0) is 47.5 Å². The molecule has 1 heterocycles. The highest BCUT2D eigenvalue weighted by molar-refractivity contribution is 7.93. The number of nitrogens with zero attached hydrogens (tertiary/aromatic N) is 1. The van der Waals surface area contributed by atoms with Gasteiger partial charge in [-0.1, -0.05) is 48.6 Å². The second-order valence-corrected chi connectivity index (χ2v) is 8.05. The highest BCUT2D eigenvalue weighted by Gasteiger charge is 2.25. The van der Waals surface area contributed by atoms with Gasteiger partial charge < -0.3 is 4.74 Å². The number of methoxy groups -OCH3 is 1. The van der Waals surface area contributed by atoms with Gasteiger partial charge in [0.1, 0.15) is 11.0 Å². The van der Waals surface area contributed by atoms with Crippen LogP contribution in [0.3, 0.4) is 0 Å². The highest BCUT2D eigenvalue weighted by atomic mass is 32.2. The first-order chi connectivity index (χ1) is 14.0. The first-order valence-electron chi connectivity index (χ1n) is 9.00. The van der Waals surface area contributed by atoms with E-state index in [0.29, 0.717) is 17.0 Å². The van der Waals surface area contributed by atoms with Gasteiger partial charge in [-0.2, -0.15) is 0 Å². The Kier molecular flexibility index (Phi) is 6.46. The number of aromatic nitrogens is 1. The van der Waals surface area contributed by atoms with Crippen LogP contribution in [0.2, 0.25) is 0 Å². The monoisotopic (exact) mass is 406 g/mol. The van der Waals surface area contributed by atoms with Crippen molar-refractivity contribution >= 4 is 27.9 Å². The highest BCUT2D eigenvalue weighted by Crippen LogP contribution is 2.29. The number of para-hydroxylation sites is 1. The number of hydrogen-bond acceptors (Lipinski definition) is 4. The van der Waals surface area contributed by atoms with E-state index in [0.717, 1.165) is 11.3 Å². The molecule has 1 aromatic heterocycles. The topological polar surface area (TPSA) is 68.3 Å². The Morgan fingerprint density at radius 1 is 1.00 bits per heavy atom. The quantitative estimate of drug-likeness (QED) is 0.539. The van der Waals surface area contributed by atoms with E-state index < -0.39 is 15.3 Å². The summed E-state index contributed by atoms with van der Waals surface area (Å²) >= 11 is 0. The maximum Gasteiger partial charge on any atom is 0.243 e. The summed E-state index contributed by atoms with van der Waals surface area (Å²) in [5.41, 5.74) is 2.61. The summed E-state index contributed by atoms with van der Waals surface area (Å²) in [6.07, 6.45) is 6.78. The van der Waals surface area contributed by atoms with Gasteiger partial charge in [-0.15, -0.1) is 6.58 Å². The molecule has 3 rings (SSSR count). The van der Waals surface area contributed by atoms with Crippen LogP contribution in [0, 0.1) is 0 Å². The van der Waals surface area contributed by atoms with Crippen LogP contribution in [0.15, 0.2) is 85.6 Å². The Balaban J connectivity index is 1.87. The summed E-state index contributed by atoms with van der Waals surface area (Å²) < 4.78 is 34.0. The average Bonchev–Trinajstić information content (AvgIpc) is 2.74. The van der Waals surface area contributed by atoms with Crippen LogP contribution in [0.4, 0.5) is 5.69 Å². The van der Waals surface area contributed by atoms with Gasteiger partial charge in [0.05, 0.1) is 18.5 Å². The van der Waals surface area contributed by atoms with Gasteiger partial charge in [0, 0.05) is 6.20 Å². The van der Waals surface area contributed by atoms with Crippen LogP contribution in [0.1, 0.15) is 22.1 Å². The van der Waals surface area contributed by atoms with Crippen molar-refractivity contribution in [1.82, 2.24) is 4.98 Å². The summed E-state index contributed by atoms with van der Waals surface area (Å²) in [4.78, 5) is 4.24. The Morgan fingerprint density at radius 3 is 2.38 bits per heavy atom. The molecule has 0 saturated heterocycles. The van der Waals surface area contributed by atoms with Crippen LogP contribution in [-0.4, -0.2) is 20.5 Å². The van der Waals surface area contributed by atoms with Gasteiger partial charge in [-0.3, -0.25) is 9.71 Å². The van der Waals surface area contributed by atoms with Crippen molar-refractivity contribution in [1.29, 1.82) is 0 Å². The lowest BCUT2D eigenvalue weighted by Gasteiger charge is -2.17. The number of anilines is 1. The van der Waals surface area contributed by atoms with E-state index in [4.69, 9.17) is 4.74 Å². The van der Waals surface area contributed by atoms with Crippen molar-refractivity contribution in [2.45, 2.75) is 5.25 Å². The zero-order valence-corrected chi connectivity index (χ0v) is 16.8. The summed E-state index contributed by atoms with van der Waals surface area (Å²) in [5.74, 6) is 0.659. The predicted octanol–water partition coefficient (Wildman–Crippen LogP) is 4.93. The smallest absolute Gasteiger partial charge is 0.243 e. The number of benzene rings is 2. The molecule has 0 fully saturated rings. The van der Waals surface area contributed by atoms with Gasteiger partial charge in [0.2, 0.25) is 10.0 Å². The number of pyridine rings is 1. The van der Waals surface area contributed by atoms with Crippen molar-refractivity contribution in [2.75, 3.05) is 11.8 Å². The maximum atomic E-state index is 13.1. The van der Waals surface area contributed by atoms with Crippen LogP contribution < -0.4 is 9.46 Å². The third-order valence-electron chi connectivity index (χ3n) is 4.33. The van der Waals surface area contributed by atoms with Crippen molar-refractivity contribution in [3.05, 3.63) is 102 Å². The molecule has 1 unspecified atom stereocenters. The first-order valence-corrected chi connectivity index (χ1v) is 10.5. The molecular weight excluding hydrogens is 384 g/mol. The Bertz CT molecular complexity index is 1090. The van der Waals surface area contributed by atoms with Gasteiger partial charge >= 0.3 is 0 Å². The first kappa shape index (κ1) is 20.4. The van der Waals surface area contributed by atoms with Crippen molar-refractivity contribution in [3.8, 4) is 5.75 Å². The minimum absolute atomic E-state index is 0.486. The number of ether oxygens (including phenoxy) is 1. The lowest BCUT2D eigenvalue weighted by atomic mass is 10.1. The van der Waals surface area contributed by atoms with E-state index in [1.54, 1.807) is 49.7 Å². The van der Waals surface area contributed by atoms with Crippen LogP contribution in [0.5, 0.6) is 5.75 Å². The summed E-state index contributed by atoms with van der Waals surface area (Å²) in [5, 5.41) is -0.902. The second kappa shape index (κ2) is 9.21. The van der Waals surface area contributed by atoms with E-state index in [-0.39, 0.29) is 0 Å². The molecule has 3 aromatic rings. The molecule has 5 nitrogen and oxygen atoms in total. The summed E-state index contributed by atoms with van der Waals surface area (Å²) in [6, 6.07) is 19.7. The summed E-state index contributed by atoms with van der Waals surface area (Å²) in [6.45, 7) is 3.71. The van der Waals surface area contributed by atoms with E-state index in [2.05, 4.69) is 16.3 Å². The SMILES string of the molecule is C=CC(c1ccc(OC)cc1)S(=O)(=O)Nc1ccccc1C=Cc1ccccn1. The molecule has 0 amide bonds. The fraction of sp³-hybridized carbons (Fsp3) is 0.0870. The fourth-order valence-electron chi connectivity index (χ4n) is 2.84. The largest absolute Gasteiger partial charge is 0.497 e. The number of sulfonamides is 1. The van der Waals surface area contributed by atoms with Crippen molar-refractivity contribution in [3.63, 3.8) is 0 Å². The molecule has 0 saturated carbocycles. The van der Waals surface area contributed by atoms with E-state index in [1.807, 2.05) is 42.5 Å². The van der Waals surface area contributed by atoms with Crippen molar-refractivity contribution in [2.24, 2.45) is 0 Å². The van der Waals surface area contributed by atoms with E-state index in [9.17, 15) is 8.42 Å². The summed E-state index contributed by atoms with van der Waals surface area (Å²) in [7, 11) is -2.20. The lowest BCUT2D eigenvalue weighted by molar-refractivity contribution is 0.414. The molecule has 6 heteroatoms. The molecule has 0 aliphatic carbocycles. The zero-order chi connectivity index (χ0) is 20.7. The number of rotatable bonds is 8. The average molecular weight is 407 g/mol. The van der Waals surface area contributed by atoms with Crippen LogP contribution in [-0.2, 0) is 10.0 Å². The molecule has 0 aliphatic rings. The minimum Gasteiger partial charge on any atom is -0.497 e. The van der Waals surface area contributed by atoms with Crippen LogP contribution >= 0.6 is 0 Å². The van der Waals surface area contributed by atoms with Gasteiger partial charge in [0.25, 0.3) is 0 Å². The number of nitrogens with one attached hydrogen (secondary N) is 1. The fourth-order valence-corrected chi connectivity index (χ4v) is 4.23. The third kappa shape index (κ3) is 5.12. The standard InChI is InChI=1S/C23H22N2O3S/c1-3-23(19-12-15-21(28-2)16-13-19)29(26,27)25-22-10-5-4-8-18(22)11-14-20-9-6-7-17-24-20/h3-17,23,25H,1H2,2H3. The predicted molar refractivity (Wildman–Crippen MR) is 118 cm³/mol.